The average molecular weight is 297 g/mol. The van der Waals surface area contributed by atoms with Crippen molar-refractivity contribution < 1.29 is 9.13 Å². The molecule has 1 unspecified atom stereocenters. The van der Waals surface area contributed by atoms with Gasteiger partial charge in [0.1, 0.15) is 0 Å². The molecule has 1 saturated carbocycles. The second-order valence-electron chi connectivity index (χ2n) is 5.53. The Bertz CT molecular complexity index is 421. The molecule has 1 aliphatic carbocycles. The molecule has 0 radical (unpaired) electrons. The number of hydrogen-bond donors (Lipinski definition) is 1. The van der Waals surface area contributed by atoms with Crippen LogP contribution in [0.2, 0.25) is 0 Å². The number of rotatable bonds is 6. The number of benzene rings is 1. The van der Waals surface area contributed by atoms with Gasteiger partial charge in [0.15, 0.2) is 11.6 Å². The molecule has 2 rings (SSSR count). The minimum absolute atomic E-state index is 0.0923. The zero-order valence-electron chi connectivity index (χ0n) is 12.1. The van der Waals surface area contributed by atoms with Gasteiger partial charge in [-0.2, -0.15) is 11.8 Å². The Hall–Kier alpha value is -0.740. The van der Waals surface area contributed by atoms with Gasteiger partial charge in [0, 0.05) is 17.0 Å². The molecule has 0 spiro atoms. The fourth-order valence-electron chi connectivity index (χ4n) is 2.69. The molecule has 20 heavy (non-hydrogen) atoms. The molecule has 1 aliphatic rings. The minimum atomic E-state index is -0.308. The summed E-state index contributed by atoms with van der Waals surface area (Å²) >= 11 is 1.99. The van der Waals surface area contributed by atoms with E-state index in [1.165, 1.54) is 45.3 Å². The van der Waals surface area contributed by atoms with E-state index in [0.717, 1.165) is 23.0 Å². The van der Waals surface area contributed by atoms with Crippen LogP contribution in [-0.2, 0) is 6.42 Å². The van der Waals surface area contributed by atoms with Crippen molar-refractivity contribution in [2.75, 3.05) is 12.9 Å². The van der Waals surface area contributed by atoms with Gasteiger partial charge >= 0.3 is 0 Å². The summed E-state index contributed by atoms with van der Waals surface area (Å²) in [4.78, 5) is 0. The SMILES string of the molecule is COc1ccc(CC(N)CSC2CCCCC2)cc1F. The van der Waals surface area contributed by atoms with Gasteiger partial charge in [-0.25, -0.2) is 4.39 Å². The summed E-state index contributed by atoms with van der Waals surface area (Å²) in [7, 11) is 1.48. The predicted molar refractivity (Wildman–Crippen MR) is 84.0 cm³/mol. The summed E-state index contributed by atoms with van der Waals surface area (Å²) in [5.74, 6) is 0.939. The zero-order valence-corrected chi connectivity index (χ0v) is 12.9. The highest BCUT2D eigenvalue weighted by Crippen LogP contribution is 2.28. The summed E-state index contributed by atoms with van der Waals surface area (Å²) in [5.41, 5.74) is 7.11. The van der Waals surface area contributed by atoms with Crippen molar-refractivity contribution in [1.82, 2.24) is 0 Å². The standard InChI is InChI=1S/C16H24FNOS/c1-19-16-8-7-12(10-15(16)17)9-13(18)11-20-14-5-3-2-4-6-14/h7-8,10,13-14H,2-6,9,11,18H2,1H3. The van der Waals surface area contributed by atoms with Gasteiger partial charge in [-0.3, -0.25) is 0 Å². The van der Waals surface area contributed by atoms with Gasteiger partial charge in [-0.05, 0) is 37.0 Å². The summed E-state index contributed by atoms with van der Waals surface area (Å²) in [5, 5.41) is 0.780. The van der Waals surface area contributed by atoms with E-state index in [1.54, 1.807) is 6.07 Å². The average Bonchev–Trinajstić information content (AvgIpc) is 2.46. The number of hydrogen-bond acceptors (Lipinski definition) is 3. The highest BCUT2D eigenvalue weighted by molar-refractivity contribution is 7.99. The van der Waals surface area contributed by atoms with E-state index in [4.69, 9.17) is 10.5 Å². The van der Waals surface area contributed by atoms with Crippen LogP contribution in [0.5, 0.6) is 5.75 Å². The Labute approximate surface area is 125 Å². The number of thioether (sulfide) groups is 1. The first kappa shape index (κ1) is 15.6. The minimum Gasteiger partial charge on any atom is -0.494 e. The second-order valence-corrected chi connectivity index (χ2v) is 6.86. The Morgan fingerprint density at radius 3 is 2.75 bits per heavy atom. The first-order valence-corrected chi connectivity index (χ1v) is 8.43. The zero-order chi connectivity index (χ0) is 14.4. The van der Waals surface area contributed by atoms with Gasteiger partial charge < -0.3 is 10.5 Å². The lowest BCUT2D eigenvalue weighted by atomic mass is 10.0. The van der Waals surface area contributed by atoms with Crippen LogP contribution in [0.15, 0.2) is 18.2 Å². The predicted octanol–water partition coefficient (Wildman–Crippen LogP) is 3.77. The van der Waals surface area contributed by atoms with E-state index >= 15 is 0 Å². The van der Waals surface area contributed by atoms with Crippen LogP contribution in [0.3, 0.4) is 0 Å². The van der Waals surface area contributed by atoms with Crippen LogP contribution < -0.4 is 10.5 Å². The van der Waals surface area contributed by atoms with Gasteiger partial charge in [0.2, 0.25) is 0 Å². The third-order valence-electron chi connectivity index (χ3n) is 3.81. The van der Waals surface area contributed by atoms with Crippen LogP contribution in [0, 0.1) is 5.82 Å². The molecule has 0 saturated heterocycles. The quantitative estimate of drug-likeness (QED) is 0.868. The Balaban J connectivity index is 1.78. The third kappa shape index (κ3) is 4.67. The fourth-order valence-corrected chi connectivity index (χ4v) is 3.99. The second kappa shape index (κ2) is 7.89. The van der Waals surface area contributed by atoms with Crippen molar-refractivity contribution in [2.24, 2.45) is 5.73 Å². The van der Waals surface area contributed by atoms with E-state index in [-0.39, 0.29) is 11.9 Å². The van der Waals surface area contributed by atoms with Gasteiger partial charge in [0.25, 0.3) is 0 Å². The molecule has 1 aromatic carbocycles. The molecule has 0 amide bonds. The summed E-state index contributed by atoms with van der Waals surface area (Å²) < 4.78 is 18.5. The summed E-state index contributed by atoms with van der Waals surface area (Å²) in [6.45, 7) is 0. The highest BCUT2D eigenvalue weighted by atomic mass is 32.2. The monoisotopic (exact) mass is 297 g/mol. The van der Waals surface area contributed by atoms with Crippen molar-refractivity contribution >= 4 is 11.8 Å². The Kier molecular flexibility index (Phi) is 6.17. The molecule has 0 bridgehead atoms. The number of ether oxygens (including phenoxy) is 1. The third-order valence-corrected chi connectivity index (χ3v) is 5.38. The number of halogens is 1. The fraction of sp³-hybridized carbons (Fsp3) is 0.625. The molecule has 112 valence electrons. The van der Waals surface area contributed by atoms with Crippen molar-refractivity contribution in [3.63, 3.8) is 0 Å². The summed E-state index contributed by atoms with van der Waals surface area (Å²) in [6.07, 6.45) is 7.48. The maximum absolute atomic E-state index is 13.6. The number of nitrogens with two attached hydrogens (primary N) is 1. The van der Waals surface area contributed by atoms with Crippen LogP contribution in [0.25, 0.3) is 0 Å². The normalized spacial score (nSPS) is 17.9. The molecule has 1 atom stereocenters. The van der Waals surface area contributed by atoms with Crippen molar-refractivity contribution in [3.8, 4) is 5.75 Å². The van der Waals surface area contributed by atoms with Crippen LogP contribution in [0.4, 0.5) is 4.39 Å². The summed E-state index contributed by atoms with van der Waals surface area (Å²) in [6, 6.07) is 5.19. The van der Waals surface area contributed by atoms with E-state index < -0.39 is 0 Å². The van der Waals surface area contributed by atoms with Gasteiger partial charge in [-0.1, -0.05) is 25.3 Å². The van der Waals surface area contributed by atoms with Crippen LogP contribution in [-0.4, -0.2) is 24.2 Å². The Morgan fingerprint density at radius 1 is 1.35 bits per heavy atom. The van der Waals surface area contributed by atoms with Gasteiger partial charge in [-0.15, -0.1) is 0 Å². The first-order chi connectivity index (χ1) is 9.69. The molecule has 0 heterocycles. The van der Waals surface area contributed by atoms with E-state index in [9.17, 15) is 4.39 Å². The van der Waals surface area contributed by atoms with Crippen molar-refractivity contribution in [1.29, 1.82) is 0 Å². The molecular formula is C16H24FNOS. The first-order valence-electron chi connectivity index (χ1n) is 7.38. The number of methoxy groups -OCH3 is 1. The van der Waals surface area contributed by atoms with Crippen LogP contribution in [0.1, 0.15) is 37.7 Å². The lowest BCUT2D eigenvalue weighted by Crippen LogP contribution is -2.27. The molecule has 2 nitrogen and oxygen atoms in total. The molecular weight excluding hydrogens is 273 g/mol. The molecule has 0 aromatic heterocycles. The topological polar surface area (TPSA) is 35.2 Å². The van der Waals surface area contributed by atoms with E-state index in [2.05, 4.69) is 0 Å². The highest BCUT2D eigenvalue weighted by Gasteiger charge is 2.15. The van der Waals surface area contributed by atoms with E-state index in [1.807, 2.05) is 17.8 Å². The van der Waals surface area contributed by atoms with Crippen LogP contribution >= 0.6 is 11.8 Å². The van der Waals surface area contributed by atoms with Gasteiger partial charge in [0.05, 0.1) is 7.11 Å². The maximum Gasteiger partial charge on any atom is 0.165 e. The lowest BCUT2D eigenvalue weighted by Gasteiger charge is -2.22. The Morgan fingerprint density at radius 2 is 2.10 bits per heavy atom. The molecule has 1 fully saturated rings. The van der Waals surface area contributed by atoms with Crippen molar-refractivity contribution in [3.05, 3.63) is 29.6 Å². The maximum atomic E-state index is 13.6. The van der Waals surface area contributed by atoms with E-state index in [0.29, 0.717) is 5.75 Å². The molecule has 4 heteroatoms. The smallest absolute Gasteiger partial charge is 0.165 e. The molecule has 1 aromatic rings. The van der Waals surface area contributed by atoms with Crippen molar-refractivity contribution in [2.45, 2.75) is 49.8 Å². The molecule has 2 N–H and O–H groups in total. The lowest BCUT2D eigenvalue weighted by molar-refractivity contribution is 0.386. The molecule has 0 aliphatic heterocycles. The largest absolute Gasteiger partial charge is 0.494 e.